The maximum atomic E-state index is 16.8. The summed E-state index contributed by atoms with van der Waals surface area (Å²) in [4.78, 5) is 35.6. The Morgan fingerprint density at radius 3 is 2.67 bits per heavy atom. The Balaban J connectivity index is 1.74. The molecule has 4 rings (SSSR count). The van der Waals surface area contributed by atoms with Crippen molar-refractivity contribution in [1.29, 1.82) is 0 Å². The molecule has 30 heavy (non-hydrogen) atoms. The lowest BCUT2D eigenvalue weighted by Crippen LogP contribution is -2.71. The molecular formula is C23H26F2O5. The van der Waals surface area contributed by atoms with Crippen LogP contribution in [0.25, 0.3) is 0 Å². The number of hydrogen-bond donors (Lipinski definition) is 1. The molecule has 2 saturated carbocycles. The van der Waals surface area contributed by atoms with E-state index in [9.17, 15) is 19.5 Å². The molecule has 5 nitrogen and oxygen atoms in total. The number of carbonyl (C=O) groups excluding carboxylic acids is 3. The average molecular weight is 420 g/mol. The van der Waals surface area contributed by atoms with Gasteiger partial charge in [-0.25, -0.2) is 8.78 Å². The van der Waals surface area contributed by atoms with Crippen molar-refractivity contribution in [1.82, 2.24) is 0 Å². The monoisotopic (exact) mass is 420 g/mol. The fraction of sp³-hybridized carbons (Fsp3) is 0.609. The second-order valence-electron chi connectivity index (χ2n) is 9.41. The summed E-state index contributed by atoms with van der Waals surface area (Å²) in [5.74, 6) is -2.55. The molecule has 0 saturated heterocycles. The van der Waals surface area contributed by atoms with Crippen LogP contribution in [0.5, 0.6) is 0 Å². The molecule has 4 aliphatic rings. The Morgan fingerprint density at radius 2 is 2.00 bits per heavy atom. The molecule has 1 N–H and O–H groups in total. The first kappa shape index (κ1) is 21.1. The van der Waals surface area contributed by atoms with Crippen LogP contribution in [0.2, 0.25) is 0 Å². The van der Waals surface area contributed by atoms with Gasteiger partial charge in [-0.3, -0.25) is 14.4 Å². The van der Waals surface area contributed by atoms with Gasteiger partial charge in [-0.15, -0.1) is 0 Å². The molecule has 4 aliphatic carbocycles. The van der Waals surface area contributed by atoms with Crippen molar-refractivity contribution in [2.75, 3.05) is 6.61 Å². The minimum atomic E-state index is -2.31. The fourth-order valence-electron chi connectivity index (χ4n) is 6.38. The topological polar surface area (TPSA) is 80.7 Å². The zero-order valence-electron chi connectivity index (χ0n) is 17.3. The zero-order valence-corrected chi connectivity index (χ0v) is 17.3. The molecule has 0 aromatic carbocycles. The summed E-state index contributed by atoms with van der Waals surface area (Å²) in [6.07, 6.45) is 4.11. The number of allylic oxidation sites excluding steroid dienone is 5. The lowest BCUT2D eigenvalue weighted by Gasteiger charge is -2.63. The number of aliphatic hydroxyl groups is 1. The highest BCUT2D eigenvalue weighted by Gasteiger charge is 2.76. The molecular weight excluding hydrogens is 394 g/mol. The van der Waals surface area contributed by atoms with Crippen molar-refractivity contribution in [3.8, 4) is 0 Å². The first-order valence-electron chi connectivity index (χ1n) is 10.3. The molecule has 2 fully saturated rings. The second-order valence-corrected chi connectivity index (χ2v) is 9.41. The van der Waals surface area contributed by atoms with Gasteiger partial charge in [-0.05, 0) is 38.3 Å². The van der Waals surface area contributed by atoms with E-state index in [0.29, 0.717) is 12.0 Å². The highest BCUT2D eigenvalue weighted by Crippen LogP contribution is 2.70. The third-order valence-corrected chi connectivity index (χ3v) is 8.03. The number of Topliss-reactive ketones (excluding diaryl/α,β-unsaturated/α-hetero) is 1. The van der Waals surface area contributed by atoms with Gasteiger partial charge in [0.05, 0.1) is 6.10 Å². The molecule has 7 heteroatoms. The maximum absolute atomic E-state index is 16.8. The number of hydrogen-bond acceptors (Lipinski definition) is 5. The van der Waals surface area contributed by atoms with E-state index in [1.54, 1.807) is 13.8 Å². The highest BCUT2D eigenvalue weighted by atomic mass is 19.2. The first-order valence-corrected chi connectivity index (χ1v) is 10.3. The Hall–Kier alpha value is -2.15. The standard InChI is InChI=1S/C23H26F2O5/c1-13(26)30-12-17(28)16-7-9-22(24)18-5-4-14-10-15(27)6-8-20(14,2)23(18,25)19(29)11-21(16,22)3/h6-8,10,18-19,29H,4-5,9,11-12H2,1-3H3/t18-,19-,20-,21+,22-,23-/m0/s1. The molecule has 0 aromatic heterocycles. The first-order chi connectivity index (χ1) is 13.9. The van der Waals surface area contributed by atoms with Gasteiger partial charge < -0.3 is 9.84 Å². The number of ether oxygens (including phenoxy) is 1. The van der Waals surface area contributed by atoms with Gasteiger partial charge in [0.15, 0.2) is 23.8 Å². The van der Waals surface area contributed by atoms with Crippen molar-refractivity contribution < 1.29 is 33.0 Å². The van der Waals surface area contributed by atoms with Crippen LogP contribution < -0.4 is 0 Å². The minimum Gasteiger partial charge on any atom is -0.457 e. The van der Waals surface area contributed by atoms with Crippen LogP contribution in [-0.4, -0.2) is 46.7 Å². The number of esters is 1. The van der Waals surface area contributed by atoms with Gasteiger partial charge in [0, 0.05) is 35.7 Å². The Labute approximate surface area is 173 Å². The van der Waals surface area contributed by atoms with Gasteiger partial charge in [-0.2, -0.15) is 0 Å². The lowest BCUT2D eigenvalue weighted by molar-refractivity contribution is -0.225. The lowest BCUT2D eigenvalue weighted by atomic mass is 9.44. The van der Waals surface area contributed by atoms with Crippen LogP contribution >= 0.6 is 0 Å². The van der Waals surface area contributed by atoms with E-state index in [0.717, 1.165) is 0 Å². The average Bonchev–Trinajstić information content (AvgIpc) is 2.93. The predicted octanol–water partition coefficient (Wildman–Crippen LogP) is 3.12. The Morgan fingerprint density at radius 1 is 1.30 bits per heavy atom. The number of fused-ring (bicyclic) bond motifs is 5. The van der Waals surface area contributed by atoms with Crippen molar-refractivity contribution in [2.45, 2.75) is 63.9 Å². The Kier molecular flexibility index (Phi) is 4.52. The maximum Gasteiger partial charge on any atom is 0.303 e. The number of halogens is 2. The van der Waals surface area contributed by atoms with E-state index in [4.69, 9.17) is 4.74 Å². The van der Waals surface area contributed by atoms with Crippen LogP contribution in [-0.2, 0) is 19.1 Å². The van der Waals surface area contributed by atoms with Gasteiger partial charge in [0.1, 0.15) is 5.67 Å². The molecule has 0 unspecified atom stereocenters. The second kappa shape index (κ2) is 6.42. The summed E-state index contributed by atoms with van der Waals surface area (Å²) >= 11 is 0. The summed E-state index contributed by atoms with van der Waals surface area (Å²) in [5, 5.41) is 11.1. The van der Waals surface area contributed by atoms with E-state index < -0.39 is 52.5 Å². The van der Waals surface area contributed by atoms with Crippen LogP contribution in [0.3, 0.4) is 0 Å². The molecule has 0 aromatic rings. The third-order valence-electron chi connectivity index (χ3n) is 8.03. The zero-order chi connectivity index (χ0) is 22.1. The van der Waals surface area contributed by atoms with E-state index >= 15 is 8.78 Å². The van der Waals surface area contributed by atoms with Crippen molar-refractivity contribution in [2.24, 2.45) is 16.7 Å². The number of ketones is 2. The molecule has 0 spiro atoms. The molecule has 0 amide bonds. The van der Waals surface area contributed by atoms with E-state index in [1.807, 2.05) is 0 Å². The smallest absolute Gasteiger partial charge is 0.303 e. The van der Waals surface area contributed by atoms with Gasteiger partial charge in [0.2, 0.25) is 0 Å². The third kappa shape index (κ3) is 2.44. The highest BCUT2D eigenvalue weighted by molar-refractivity contribution is 6.01. The van der Waals surface area contributed by atoms with Crippen LogP contribution in [0.4, 0.5) is 8.78 Å². The minimum absolute atomic E-state index is 0.126. The number of aliphatic hydroxyl groups excluding tert-OH is 1. The molecule has 0 heterocycles. The summed E-state index contributed by atoms with van der Waals surface area (Å²) in [6.45, 7) is 3.83. The number of rotatable bonds is 3. The van der Waals surface area contributed by atoms with Gasteiger partial charge in [0.25, 0.3) is 0 Å². The predicted molar refractivity (Wildman–Crippen MR) is 104 cm³/mol. The molecule has 0 aliphatic heterocycles. The summed E-state index contributed by atoms with van der Waals surface area (Å²) in [5.41, 5.74) is -6.37. The summed E-state index contributed by atoms with van der Waals surface area (Å²) in [6, 6.07) is 0. The molecule has 162 valence electrons. The van der Waals surface area contributed by atoms with Crippen molar-refractivity contribution in [3.63, 3.8) is 0 Å². The van der Waals surface area contributed by atoms with Crippen LogP contribution in [0.15, 0.2) is 35.5 Å². The molecule has 6 atom stereocenters. The van der Waals surface area contributed by atoms with Crippen molar-refractivity contribution in [3.05, 3.63) is 35.5 Å². The Bertz CT molecular complexity index is 936. The number of alkyl halides is 2. The largest absolute Gasteiger partial charge is 0.457 e. The molecule has 0 bridgehead atoms. The normalized spacial score (nSPS) is 44.4. The van der Waals surface area contributed by atoms with E-state index in [2.05, 4.69) is 0 Å². The quantitative estimate of drug-likeness (QED) is 0.710. The molecule has 0 radical (unpaired) electrons. The van der Waals surface area contributed by atoms with Crippen LogP contribution in [0, 0.1) is 16.7 Å². The number of carbonyl (C=O) groups is 3. The van der Waals surface area contributed by atoms with E-state index in [-0.39, 0.29) is 30.6 Å². The summed E-state index contributed by atoms with van der Waals surface area (Å²) in [7, 11) is 0. The SMILES string of the molecule is CC(=O)OCC(=O)C1=CC[C@]2(F)[C@@H]3CCC4=CC(=O)C=C[C@]4(C)[C@@]3(F)[C@@H](O)C[C@]12C. The van der Waals surface area contributed by atoms with E-state index in [1.165, 1.54) is 31.2 Å². The van der Waals surface area contributed by atoms with Gasteiger partial charge in [-0.1, -0.05) is 24.6 Å². The fourth-order valence-corrected chi connectivity index (χ4v) is 6.38. The van der Waals surface area contributed by atoms with Gasteiger partial charge >= 0.3 is 5.97 Å². The summed E-state index contributed by atoms with van der Waals surface area (Å²) < 4.78 is 38.3. The van der Waals surface area contributed by atoms with Crippen molar-refractivity contribution >= 4 is 17.5 Å². The van der Waals surface area contributed by atoms with Crippen LogP contribution in [0.1, 0.15) is 46.5 Å².